The Balaban J connectivity index is 2.05. The van der Waals surface area contributed by atoms with Crippen molar-refractivity contribution in [3.63, 3.8) is 0 Å². The lowest BCUT2D eigenvalue weighted by Crippen LogP contribution is -2.04. The predicted octanol–water partition coefficient (Wildman–Crippen LogP) is 2.02. The summed E-state index contributed by atoms with van der Waals surface area (Å²) in [6.07, 6.45) is 4.81. The Kier molecular flexibility index (Phi) is 3.14. The minimum atomic E-state index is -0.593. The molecule has 5 heteroatoms. The Morgan fingerprint density at radius 1 is 1.50 bits per heavy atom. The number of nitrogens with zero attached hydrogens (tertiary/aromatic N) is 3. The van der Waals surface area contributed by atoms with Gasteiger partial charge < -0.3 is 9.30 Å². The van der Waals surface area contributed by atoms with Crippen LogP contribution in [0.15, 0.2) is 30.9 Å². The minimum absolute atomic E-state index is 0.159. The molecule has 2 rings (SSSR count). The van der Waals surface area contributed by atoms with Gasteiger partial charge in [-0.3, -0.25) is 0 Å². The first-order valence-electron chi connectivity index (χ1n) is 5.03. The Morgan fingerprint density at radius 3 is 3.12 bits per heavy atom. The van der Waals surface area contributed by atoms with Gasteiger partial charge in [-0.25, -0.2) is 9.97 Å². The number of hydrogen-bond acceptors (Lipinski definition) is 3. The fourth-order valence-electron chi connectivity index (χ4n) is 1.38. The molecule has 0 aliphatic rings. The molecule has 0 atom stereocenters. The standard InChI is InChI=1S/C11H12FN3O/c1-2-15-8-13-6-9(15)7-16-10-4-3-5-14-11(10)12/h3-6,8H,2,7H2,1H3. The highest BCUT2D eigenvalue weighted by Gasteiger charge is 2.05. The van der Waals surface area contributed by atoms with Crippen molar-refractivity contribution < 1.29 is 9.13 Å². The number of aryl methyl sites for hydroxylation is 1. The molecule has 16 heavy (non-hydrogen) atoms. The second kappa shape index (κ2) is 4.74. The molecule has 0 saturated carbocycles. The monoisotopic (exact) mass is 221 g/mol. The van der Waals surface area contributed by atoms with E-state index >= 15 is 0 Å². The fraction of sp³-hybridized carbons (Fsp3) is 0.273. The summed E-state index contributed by atoms with van der Waals surface area (Å²) in [7, 11) is 0. The maximum atomic E-state index is 13.1. The van der Waals surface area contributed by atoms with E-state index in [-0.39, 0.29) is 12.4 Å². The van der Waals surface area contributed by atoms with Gasteiger partial charge in [0.25, 0.3) is 5.95 Å². The first-order chi connectivity index (χ1) is 7.81. The first kappa shape index (κ1) is 10.6. The zero-order valence-electron chi connectivity index (χ0n) is 8.93. The number of aromatic nitrogens is 3. The van der Waals surface area contributed by atoms with E-state index in [4.69, 9.17) is 4.74 Å². The summed E-state index contributed by atoms with van der Waals surface area (Å²) in [5, 5.41) is 0. The lowest BCUT2D eigenvalue weighted by Gasteiger charge is -2.07. The van der Waals surface area contributed by atoms with E-state index in [0.29, 0.717) is 0 Å². The van der Waals surface area contributed by atoms with Crippen molar-refractivity contribution >= 4 is 0 Å². The molecule has 84 valence electrons. The number of rotatable bonds is 4. The van der Waals surface area contributed by atoms with Crippen LogP contribution >= 0.6 is 0 Å². The fourth-order valence-corrected chi connectivity index (χ4v) is 1.38. The molecule has 0 aliphatic heterocycles. The molecule has 0 radical (unpaired) electrons. The van der Waals surface area contributed by atoms with Gasteiger partial charge in [0, 0.05) is 12.7 Å². The van der Waals surface area contributed by atoms with E-state index in [0.717, 1.165) is 12.2 Å². The van der Waals surface area contributed by atoms with E-state index < -0.39 is 5.95 Å². The van der Waals surface area contributed by atoms with Crippen LogP contribution in [-0.2, 0) is 13.2 Å². The molecule has 0 N–H and O–H groups in total. The molecule has 2 aromatic rings. The molecular weight excluding hydrogens is 209 g/mol. The molecule has 0 spiro atoms. The van der Waals surface area contributed by atoms with Gasteiger partial charge in [0.2, 0.25) is 0 Å². The van der Waals surface area contributed by atoms with E-state index in [1.165, 1.54) is 6.20 Å². The summed E-state index contributed by atoms with van der Waals surface area (Å²) in [4.78, 5) is 7.51. The number of hydrogen-bond donors (Lipinski definition) is 0. The Labute approximate surface area is 92.7 Å². The van der Waals surface area contributed by atoms with E-state index in [2.05, 4.69) is 9.97 Å². The number of pyridine rings is 1. The SMILES string of the molecule is CCn1cncc1COc1cccnc1F. The second-order valence-electron chi connectivity index (χ2n) is 3.25. The van der Waals surface area contributed by atoms with Crippen molar-refractivity contribution in [2.75, 3.05) is 0 Å². The van der Waals surface area contributed by atoms with Crippen molar-refractivity contribution in [2.24, 2.45) is 0 Å². The molecule has 0 amide bonds. The third-order valence-corrected chi connectivity index (χ3v) is 2.24. The maximum absolute atomic E-state index is 13.1. The highest BCUT2D eigenvalue weighted by atomic mass is 19.1. The molecule has 4 nitrogen and oxygen atoms in total. The summed E-state index contributed by atoms with van der Waals surface area (Å²) in [5.41, 5.74) is 0.908. The largest absolute Gasteiger partial charge is 0.483 e. The lowest BCUT2D eigenvalue weighted by atomic mass is 10.4. The minimum Gasteiger partial charge on any atom is -0.483 e. The van der Waals surface area contributed by atoms with Gasteiger partial charge in [0.05, 0.1) is 18.2 Å². The molecule has 0 saturated heterocycles. The van der Waals surface area contributed by atoms with Crippen molar-refractivity contribution in [1.29, 1.82) is 0 Å². The van der Waals surface area contributed by atoms with Crippen LogP contribution in [0.2, 0.25) is 0 Å². The summed E-state index contributed by atoms with van der Waals surface area (Å²) in [6.45, 7) is 3.11. The molecular formula is C11H12FN3O. The zero-order valence-corrected chi connectivity index (χ0v) is 8.93. The van der Waals surface area contributed by atoms with Gasteiger partial charge in [-0.15, -0.1) is 0 Å². The van der Waals surface area contributed by atoms with E-state index in [1.807, 2.05) is 11.5 Å². The number of halogens is 1. The average molecular weight is 221 g/mol. The summed E-state index contributed by atoms with van der Waals surface area (Å²) >= 11 is 0. The normalized spacial score (nSPS) is 10.4. The van der Waals surface area contributed by atoms with Crippen molar-refractivity contribution in [1.82, 2.24) is 14.5 Å². The Hall–Kier alpha value is -1.91. The summed E-state index contributed by atoms with van der Waals surface area (Å²) in [5.74, 6) is -0.434. The lowest BCUT2D eigenvalue weighted by molar-refractivity contribution is 0.276. The molecule has 2 heterocycles. The topological polar surface area (TPSA) is 39.9 Å². The molecule has 0 aliphatic carbocycles. The molecule has 0 bridgehead atoms. The highest BCUT2D eigenvalue weighted by molar-refractivity contribution is 5.18. The van der Waals surface area contributed by atoms with E-state index in [1.54, 1.807) is 24.7 Å². The third-order valence-electron chi connectivity index (χ3n) is 2.24. The molecule has 0 unspecified atom stereocenters. The number of ether oxygens (including phenoxy) is 1. The van der Waals surface area contributed by atoms with Crippen LogP contribution in [0.3, 0.4) is 0 Å². The molecule has 0 fully saturated rings. The summed E-state index contributed by atoms with van der Waals surface area (Å²) < 4.78 is 20.4. The molecule has 0 aromatic carbocycles. The van der Waals surface area contributed by atoms with Gasteiger partial charge >= 0.3 is 0 Å². The van der Waals surface area contributed by atoms with Gasteiger partial charge in [0.15, 0.2) is 5.75 Å². The Morgan fingerprint density at radius 2 is 2.38 bits per heavy atom. The van der Waals surface area contributed by atoms with Crippen molar-refractivity contribution in [2.45, 2.75) is 20.1 Å². The van der Waals surface area contributed by atoms with Crippen LogP contribution in [0.25, 0.3) is 0 Å². The first-order valence-corrected chi connectivity index (χ1v) is 5.03. The quantitative estimate of drug-likeness (QED) is 0.741. The van der Waals surface area contributed by atoms with Crippen molar-refractivity contribution in [3.8, 4) is 5.75 Å². The Bertz CT molecular complexity index is 470. The van der Waals surface area contributed by atoms with Gasteiger partial charge in [-0.1, -0.05) is 0 Å². The van der Waals surface area contributed by atoms with Crippen LogP contribution in [0.5, 0.6) is 5.75 Å². The number of imidazole rings is 1. The summed E-state index contributed by atoms with van der Waals surface area (Å²) in [6, 6.07) is 3.19. The van der Waals surface area contributed by atoms with Crippen LogP contribution < -0.4 is 4.74 Å². The van der Waals surface area contributed by atoms with Crippen LogP contribution in [0.1, 0.15) is 12.6 Å². The van der Waals surface area contributed by atoms with Crippen LogP contribution in [0.4, 0.5) is 4.39 Å². The maximum Gasteiger partial charge on any atom is 0.255 e. The van der Waals surface area contributed by atoms with Gasteiger partial charge in [0.1, 0.15) is 6.61 Å². The predicted molar refractivity (Wildman–Crippen MR) is 56.4 cm³/mol. The van der Waals surface area contributed by atoms with Gasteiger partial charge in [-0.2, -0.15) is 4.39 Å². The van der Waals surface area contributed by atoms with Crippen LogP contribution in [0, 0.1) is 5.95 Å². The van der Waals surface area contributed by atoms with Crippen LogP contribution in [-0.4, -0.2) is 14.5 Å². The zero-order chi connectivity index (χ0) is 11.4. The smallest absolute Gasteiger partial charge is 0.255 e. The highest BCUT2D eigenvalue weighted by Crippen LogP contribution is 2.14. The van der Waals surface area contributed by atoms with Gasteiger partial charge in [-0.05, 0) is 19.1 Å². The average Bonchev–Trinajstić information content (AvgIpc) is 2.75. The molecule has 2 aromatic heterocycles. The van der Waals surface area contributed by atoms with Crippen molar-refractivity contribution in [3.05, 3.63) is 42.5 Å². The second-order valence-corrected chi connectivity index (χ2v) is 3.25. The van der Waals surface area contributed by atoms with E-state index in [9.17, 15) is 4.39 Å². The third kappa shape index (κ3) is 2.18.